The zero-order valence-corrected chi connectivity index (χ0v) is 15.2. The molecule has 27 heavy (non-hydrogen) atoms. The lowest BCUT2D eigenvalue weighted by Gasteiger charge is -2.41. The van der Waals surface area contributed by atoms with Crippen LogP contribution in [-0.4, -0.2) is 48.4 Å². The van der Waals surface area contributed by atoms with Gasteiger partial charge in [-0.15, -0.1) is 10.5 Å². The fourth-order valence-corrected chi connectivity index (χ4v) is 3.53. The van der Waals surface area contributed by atoms with Gasteiger partial charge in [0.25, 0.3) is 0 Å². The van der Waals surface area contributed by atoms with E-state index in [9.17, 15) is 0 Å². The molecule has 0 bridgehead atoms. The van der Waals surface area contributed by atoms with Gasteiger partial charge in [-0.1, -0.05) is 72.8 Å². The molecule has 2 aromatic carbocycles. The van der Waals surface area contributed by atoms with Crippen molar-refractivity contribution in [3.05, 3.63) is 77.9 Å². The summed E-state index contributed by atoms with van der Waals surface area (Å²) in [6.07, 6.45) is 4.44. The number of hydrogen-bond acceptors (Lipinski definition) is 5. The van der Waals surface area contributed by atoms with Gasteiger partial charge < -0.3 is 0 Å². The molecule has 6 nitrogen and oxygen atoms in total. The third-order valence-electron chi connectivity index (χ3n) is 4.94. The fraction of sp³-hybridized carbons (Fsp3) is 0.286. The van der Waals surface area contributed by atoms with Crippen LogP contribution >= 0.6 is 0 Å². The van der Waals surface area contributed by atoms with Gasteiger partial charge in [0.2, 0.25) is 0 Å². The lowest BCUT2D eigenvalue weighted by atomic mass is 10.0. The van der Waals surface area contributed by atoms with Gasteiger partial charge in [-0.05, 0) is 21.6 Å². The monoisotopic (exact) mass is 359 g/mol. The second-order valence-electron chi connectivity index (χ2n) is 6.76. The van der Waals surface area contributed by atoms with Crippen molar-refractivity contribution in [2.75, 3.05) is 32.7 Å². The van der Waals surface area contributed by atoms with Crippen LogP contribution in [0, 0.1) is 0 Å². The summed E-state index contributed by atoms with van der Waals surface area (Å²) in [5.74, 6) is 0.688. The SMILES string of the molecule is C(=Cc1ccccc1)CN1CCN(CC2=NN=N[N]2)C(c2ccccc2)C1. The second-order valence-corrected chi connectivity index (χ2v) is 6.76. The quantitative estimate of drug-likeness (QED) is 0.794. The molecule has 1 fully saturated rings. The zero-order chi connectivity index (χ0) is 18.3. The molecule has 2 aliphatic rings. The minimum atomic E-state index is 0.309. The van der Waals surface area contributed by atoms with Gasteiger partial charge in [-0.25, -0.2) is 0 Å². The Bertz CT molecular complexity index is 815. The number of piperazine rings is 1. The maximum absolute atomic E-state index is 4.00. The molecule has 4 rings (SSSR count). The second kappa shape index (κ2) is 8.70. The van der Waals surface area contributed by atoms with Crippen LogP contribution < -0.4 is 5.43 Å². The van der Waals surface area contributed by atoms with Crippen LogP contribution in [0.3, 0.4) is 0 Å². The first-order valence-corrected chi connectivity index (χ1v) is 9.29. The first-order valence-electron chi connectivity index (χ1n) is 9.29. The molecule has 0 saturated carbocycles. The van der Waals surface area contributed by atoms with Crippen LogP contribution in [0.25, 0.3) is 6.08 Å². The van der Waals surface area contributed by atoms with E-state index < -0.39 is 0 Å². The van der Waals surface area contributed by atoms with Gasteiger partial charge in [0.05, 0.1) is 6.54 Å². The summed E-state index contributed by atoms with van der Waals surface area (Å²) in [4.78, 5) is 4.92. The Morgan fingerprint density at radius 2 is 1.70 bits per heavy atom. The average molecular weight is 359 g/mol. The lowest BCUT2D eigenvalue weighted by molar-refractivity contribution is 0.0945. The first-order chi connectivity index (χ1) is 13.4. The summed E-state index contributed by atoms with van der Waals surface area (Å²) in [6, 6.07) is 21.4. The molecule has 1 atom stereocenters. The van der Waals surface area contributed by atoms with Gasteiger partial charge in [-0.3, -0.25) is 9.80 Å². The van der Waals surface area contributed by atoms with Crippen molar-refractivity contribution in [3.63, 3.8) is 0 Å². The Morgan fingerprint density at radius 3 is 2.44 bits per heavy atom. The summed E-state index contributed by atoms with van der Waals surface area (Å²) < 4.78 is 0. The topological polar surface area (TPSA) is 57.7 Å². The smallest absolute Gasteiger partial charge is 0.191 e. The predicted octanol–water partition coefficient (Wildman–Crippen LogP) is 3.36. The summed E-state index contributed by atoms with van der Waals surface area (Å²) in [5.41, 5.74) is 6.56. The number of nitrogens with zero attached hydrogens (tertiary/aromatic N) is 6. The van der Waals surface area contributed by atoms with Crippen LogP contribution in [-0.2, 0) is 0 Å². The van der Waals surface area contributed by atoms with Crippen molar-refractivity contribution in [1.29, 1.82) is 0 Å². The Hall–Kier alpha value is -2.83. The van der Waals surface area contributed by atoms with E-state index in [2.05, 4.69) is 97.5 Å². The number of hydrogen-bond donors (Lipinski definition) is 0. The molecule has 6 heteroatoms. The van der Waals surface area contributed by atoms with Crippen LogP contribution in [0.5, 0.6) is 0 Å². The van der Waals surface area contributed by atoms with Gasteiger partial charge >= 0.3 is 0 Å². The molecule has 137 valence electrons. The normalized spacial score (nSPS) is 20.7. The molecule has 2 heterocycles. The Labute approximate surface area is 159 Å². The summed E-state index contributed by atoms with van der Waals surface area (Å²) in [7, 11) is 0. The summed E-state index contributed by atoms with van der Waals surface area (Å²) >= 11 is 0. The molecule has 0 spiro atoms. The van der Waals surface area contributed by atoms with E-state index in [4.69, 9.17) is 0 Å². The maximum Gasteiger partial charge on any atom is 0.191 e. The van der Waals surface area contributed by atoms with Gasteiger partial charge in [-0.2, -0.15) is 0 Å². The molecule has 0 amide bonds. The molecule has 0 aromatic heterocycles. The highest BCUT2D eigenvalue weighted by Crippen LogP contribution is 2.25. The minimum Gasteiger partial charge on any atom is -0.297 e. The largest absolute Gasteiger partial charge is 0.297 e. The van der Waals surface area contributed by atoms with E-state index in [0.717, 1.165) is 26.2 Å². The molecule has 1 radical (unpaired) electrons. The number of rotatable bonds is 6. The van der Waals surface area contributed by atoms with Crippen molar-refractivity contribution in [2.45, 2.75) is 6.04 Å². The minimum absolute atomic E-state index is 0.309. The molecule has 0 aliphatic carbocycles. The number of amidine groups is 1. The Morgan fingerprint density at radius 1 is 0.926 bits per heavy atom. The Balaban J connectivity index is 1.42. The predicted molar refractivity (Wildman–Crippen MR) is 107 cm³/mol. The highest BCUT2D eigenvalue weighted by Gasteiger charge is 2.29. The van der Waals surface area contributed by atoms with Crippen LogP contribution in [0.1, 0.15) is 17.2 Å². The molecule has 2 aromatic rings. The van der Waals surface area contributed by atoms with E-state index in [1.165, 1.54) is 11.1 Å². The summed E-state index contributed by atoms with van der Waals surface area (Å²) in [6.45, 7) is 4.59. The Kier molecular flexibility index (Phi) is 5.67. The average Bonchev–Trinajstić information content (AvgIpc) is 3.24. The van der Waals surface area contributed by atoms with Crippen molar-refractivity contribution >= 4 is 11.9 Å². The standard InChI is InChI=1S/C21H23N6/c1-3-8-18(9-4-1)10-7-13-26-14-15-27(17-21-22-24-25-23-21)20(16-26)19-11-5-2-6-12-19/h1-12,20H,13-17H2. The van der Waals surface area contributed by atoms with Crippen molar-refractivity contribution in [1.82, 2.24) is 15.2 Å². The number of benzene rings is 2. The molecular formula is C21H23N6. The van der Waals surface area contributed by atoms with E-state index in [0.29, 0.717) is 18.4 Å². The van der Waals surface area contributed by atoms with Crippen LogP contribution in [0.2, 0.25) is 0 Å². The van der Waals surface area contributed by atoms with E-state index in [1.54, 1.807) is 0 Å². The van der Waals surface area contributed by atoms with Crippen molar-refractivity contribution in [2.24, 2.45) is 15.5 Å². The molecule has 2 aliphatic heterocycles. The third-order valence-corrected chi connectivity index (χ3v) is 4.94. The molecule has 1 unspecified atom stereocenters. The van der Waals surface area contributed by atoms with E-state index in [-0.39, 0.29) is 0 Å². The highest BCUT2D eigenvalue weighted by molar-refractivity contribution is 5.84. The molecule has 1 saturated heterocycles. The molecular weight excluding hydrogens is 336 g/mol. The van der Waals surface area contributed by atoms with Gasteiger partial charge in [0.15, 0.2) is 5.84 Å². The third kappa shape index (κ3) is 4.67. The first kappa shape index (κ1) is 17.6. The van der Waals surface area contributed by atoms with Crippen molar-refractivity contribution in [3.8, 4) is 0 Å². The van der Waals surface area contributed by atoms with E-state index >= 15 is 0 Å². The molecule has 0 N–H and O–H groups in total. The fourth-order valence-electron chi connectivity index (χ4n) is 3.53. The van der Waals surface area contributed by atoms with Crippen LogP contribution in [0.15, 0.2) is 82.3 Å². The van der Waals surface area contributed by atoms with Crippen LogP contribution in [0.4, 0.5) is 0 Å². The highest BCUT2D eigenvalue weighted by atomic mass is 15.6. The summed E-state index contributed by atoms with van der Waals surface area (Å²) in [5, 5.41) is 11.2. The zero-order valence-electron chi connectivity index (χ0n) is 15.2. The van der Waals surface area contributed by atoms with Gasteiger partial charge in [0, 0.05) is 32.2 Å². The lowest BCUT2D eigenvalue weighted by Crippen LogP contribution is -2.50. The van der Waals surface area contributed by atoms with Gasteiger partial charge in [0.1, 0.15) is 0 Å². The van der Waals surface area contributed by atoms with Crippen molar-refractivity contribution < 1.29 is 0 Å². The van der Waals surface area contributed by atoms with E-state index in [1.807, 2.05) is 6.07 Å². The maximum atomic E-state index is 4.00.